The Morgan fingerprint density at radius 1 is 1.17 bits per heavy atom. The third-order valence-electron chi connectivity index (χ3n) is 2.55. The van der Waals surface area contributed by atoms with E-state index in [2.05, 4.69) is 5.32 Å². The Kier molecular flexibility index (Phi) is 3.81. The lowest BCUT2D eigenvalue weighted by Crippen LogP contribution is -2.03. The van der Waals surface area contributed by atoms with E-state index in [9.17, 15) is 4.39 Å². The maximum absolute atomic E-state index is 13.4. The number of nitrogens with zero attached hydrogens (tertiary/aromatic N) is 1. The van der Waals surface area contributed by atoms with Crippen LogP contribution in [0.4, 0.5) is 10.1 Å². The SMILES string of the molecule is N#Cc1c(Cl)cccc1NCc1ccccc1F. The van der Waals surface area contributed by atoms with Gasteiger partial charge in [-0.2, -0.15) is 5.26 Å². The van der Waals surface area contributed by atoms with Crippen molar-refractivity contribution in [1.29, 1.82) is 5.26 Å². The van der Waals surface area contributed by atoms with Gasteiger partial charge < -0.3 is 5.32 Å². The van der Waals surface area contributed by atoms with Gasteiger partial charge in [-0.3, -0.25) is 0 Å². The molecule has 2 rings (SSSR count). The summed E-state index contributed by atoms with van der Waals surface area (Å²) in [4.78, 5) is 0. The summed E-state index contributed by atoms with van der Waals surface area (Å²) in [6.45, 7) is 0.307. The van der Waals surface area contributed by atoms with Crippen molar-refractivity contribution in [2.75, 3.05) is 5.32 Å². The van der Waals surface area contributed by atoms with E-state index in [1.807, 2.05) is 6.07 Å². The molecule has 0 spiro atoms. The highest BCUT2D eigenvalue weighted by atomic mass is 35.5. The van der Waals surface area contributed by atoms with Gasteiger partial charge in [0.05, 0.1) is 16.3 Å². The van der Waals surface area contributed by atoms with E-state index < -0.39 is 0 Å². The van der Waals surface area contributed by atoms with Gasteiger partial charge in [-0.1, -0.05) is 35.9 Å². The molecule has 0 bridgehead atoms. The number of benzene rings is 2. The molecule has 0 amide bonds. The van der Waals surface area contributed by atoms with Crippen LogP contribution in [0.2, 0.25) is 5.02 Å². The van der Waals surface area contributed by atoms with E-state index in [4.69, 9.17) is 16.9 Å². The van der Waals surface area contributed by atoms with E-state index in [0.29, 0.717) is 28.4 Å². The van der Waals surface area contributed by atoms with Gasteiger partial charge in [-0.15, -0.1) is 0 Å². The zero-order valence-electron chi connectivity index (χ0n) is 9.45. The number of nitriles is 1. The molecule has 0 radical (unpaired) electrons. The number of halogens is 2. The first kappa shape index (κ1) is 12.4. The minimum absolute atomic E-state index is 0.273. The molecule has 0 heterocycles. The molecule has 2 nitrogen and oxygen atoms in total. The molecule has 4 heteroatoms. The van der Waals surface area contributed by atoms with Gasteiger partial charge in [-0.05, 0) is 18.2 Å². The van der Waals surface area contributed by atoms with E-state index in [-0.39, 0.29) is 5.82 Å². The van der Waals surface area contributed by atoms with Crippen LogP contribution in [-0.4, -0.2) is 0 Å². The Morgan fingerprint density at radius 2 is 1.94 bits per heavy atom. The number of anilines is 1. The highest BCUT2D eigenvalue weighted by Crippen LogP contribution is 2.23. The van der Waals surface area contributed by atoms with Crippen LogP contribution in [0.3, 0.4) is 0 Å². The number of hydrogen-bond donors (Lipinski definition) is 1. The average Bonchev–Trinajstić information content (AvgIpc) is 2.38. The lowest BCUT2D eigenvalue weighted by atomic mass is 10.1. The van der Waals surface area contributed by atoms with Crippen LogP contribution in [0, 0.1) is 17.1 Å². The van der Waals surface area contributed by atoms with Crippen LogP contribution < -0.4 is 5.32 Å². The third kappa shape index (κ3) is 2.61. The first-order valence-corrected chi connectivity index (χ1v) is 5.76. The van der Waals surface area contributed by atoms with Crippen molar-refractivity contribution in [3.05, 3.63) is 64.4 Å². The minimum Gasteiger partial charge on any atom is -0.380 e. The van der Waals surface area contributed by atoms with Gasteiger partial charge in [0.2, 0.25) is 0 Å². The van der Waals surface area contributed by atoms with Gasteiger partial charge in [-0.25, -0.2) is 4.39 Å². The molecule has 18 heavy (non-hydrogen) atoms. The van der Waals surface area contributed by atoms with Crippen molar-refractivity contribution < 1.29 is 4.39 Å². The smallest absolute Gasteiger partial charge is 0.128 e. The first-order valence-electron chi connectivity index (χ1n) is 5.38. The van der Waals surface area contributed by atoms with Gasteiger partial charge in [0.1, 0.15) is 11.9 Å². The van der Waals surface area contributed by atoms with Gasteiger partial charge >= 0.3 is 0 Å². The predicted molar refractivity (Wildman–Crippen MR) is 69.9 cm³/mol. The Morgan fingerprint density at radius 3 is 2.67 bits per heavy atom. The van der Waals surface area contributed by atoms with Crippen LogP contribution in [0.1, 0.15) is 11.1 Å². The Labute approximate surface area is 110 Å². The molecule has 0 aliphatic heterocycles. The van der Waals surface area contributed by atoms with Crippen LogP contribution in [-0.2, 0) is 6.54 Å². The Bertz CT molecular complexity index is 605. The second-order valence-electron chi connectivity index (χ2n) is 3.72. The molecular formula is C14H10ClFN2. The summed E-state index contributed by atoms with van der Waals surface area (Å²) in [5, 5.41) is 12.4. The summed E-state index contributed by atoms with van der Waals surface area (Å²) in [6, 6.07) is 13.7. The minimum atomic E-state index is -0.273. The van der Waals surface area contributed by atoms with Crippen molar-refractivity contribution in [2.24, 2.45) is 0 Å². The molecule has 0 aliphatic rings. The van der Waals surface area contributed by atoms with E-state index >= 15 is 0 Å². The third-order valence-corrected chi connectivity index (χ3v) is 2.87. The standard InChI is InChI=1S/C14H10ClFN2/c15-12-5-3-7-14(11(12)8-17)18-9-10-4-1-2-6-13(10)16/h1-7,18H,9H2. The van der Waals surface area contributed by atoms with Crippen LogP contribution in [0.25, 0.3) is 0 Å². The molecule has 0 aromatic heterocycles. The topological polar surface area (TPSA) is 35.8 Å². The number of rotatable bonds is 3. The fourth-order valence-corrected chi connectivity index (χ4v) is 1.83. The average molecular weight is 261 g/mol. The summed E-state index contributed by atoms with van der Waals surface area (Å²) in [5.41, 5.74) is 1.52. The molecule has 0 saturated heterocycles. The molecule has 0 fully saturated rings. The molecule has 0 aliphatic carbocycles. The molecule has 90 valence electrons. The number of nitrogens with one attached hydrogen (secondary N) is 1. The van der Waals surface area contributed by atoms with E-state index in [0.717, 1.165) is 0 Å². The van der Waals surface area contributed by atoms with Crippen molar-refractivity contribution >= 4 is 17.3 Å². The summed E-state index contributed by atoms with van der Waals surface area (Å²) in [6.07, 6.45) is 0. The highest BCUT2D eigenvalue weighted by molar-refractivity contribution is 6.32. The second kappa shape index (κ2) is 5.52. The molecule has 0 atom stereocenters. The normalized spacial score (nSPS) is 9.83. The Hall–Kier alpha value is -2.05. The maximum Gasteiger partial charge on any atom is 0.128 e. The van der Waals surface area contributed by atoms with Gasteiger partial charge in [0.15, 0.2) is 0 Å². The van der Waals surface area contributed by atoms with Crippen molar-refractivity contribution in [1.82, 2.24) is 0 Å². The van der Waals surface area contributed by atoms with Crippen molar-refractivity contribution in [3.8, 4) is 6.07 Å². The summed E-state index contributed by atoms with van der Waals surface area (Å²) < 4.78 is 13.4. The molecule has 0 saturated carbocycles. The van der Waals surface area contributed by atoms with Crippen LogP contribution >= 0.6 is 11.6 Å². The molecule has 1 N–H and O–H groups in total. The zero-order chi connectivity index (χ0) is 13.0. The monoisotopic (exact) mass is 260 g/mol. The van der Waals surface area contributed by atoms with E-state index in [1.54, 1.807) is 36.4 Å². The van der Waals surface area contributed by atoms with Crippen molar-refractivity contribution in [2.45, 2.75) is 6.54 Å². The zero-order valence-corrected chi connectivity index (χ0v) is 10.2. The summed E-state index contributed by atoms with van der Waals surface area (Å²) in [5.74, 6) is -0.273. The van der Waals surface area contributed by atoms with Gasteiger partial charge in [0, 0.05) is 12.1 Å². The largest absolute Gasteiger partial charge is 0.380 e. The lowest BCUT2D eigenvalue weighted by molar-refractivity contribution is 0.613. The highest BCUT2D eigenvalue weighted by Gasteiger charge is 2.06. The second-order valence-corrected chi connectivity index (χ2v) is 4.13. The summed E-state index contributed by atoms with van der Waals surface area (Å²) in [7, 11) is 0. The van der Waals surface area contributed by atoms with E-state index in [1.165, 1.54) is 6.07 Å². The predicted octanol–water partition coefficient (Wildman–Crippen LogP) is 3.96. The fraction of sp³-hybridized carbons (Fsp3) is 0.0714. The first-order chi connectivity index (χ1) is 8.72. The van der Waals surface area contributed by atoms with Crippen LogP contribution in [0.15, 0.2) is 42.5 Å². The Balaban J connectivity index is 2.19. The molecule has 2 aromatic carbocycles. The molecular weight excluding hydrogens is 251 g/mol. The number of hydrogen-bond acceptors (Lipinski definition) is 2. The fourth-order valence-electron chi connectivity index (χ4n) is 1.62. The molecule has 2 aromatic rings. The molecule has 0 unspecified atom stereocenters. The summed E-state index contributed by atoms with van der Waals surface area (Å²) >= 11 is 5.91. The van der Waals surface area contributed by atoms with Crippen molar-refractivity contribution in [3.63, 3.8) is 0 Å². The van der Waals surface area contributed by atoms with Gasteiger partial charge in [0.25, 0.3) is 0 Å². The quantitative estimate of drug-likeness (QED) is 0.907. The lowest BCUT2D eigenvalue weighted by Gasteiger charge is -2.09. The maximum atomic E-state index is 13.4. The van der Waals surface area contributed by atoms with Crippen LogP contribution in [0.5, 0.6) is 0 Å².